The first-order valence-corrected chi connectivity index (χ1v) is 17.6. The van der Waals surface area contributed by atoms with Crippen molar-refractivity contribution < 1.29 is 23.2 Å². The molecule has 0 radical (unpaired) electrons. The Balaban J connectivity index is 1.23. The van der Waals surface area contributed by atoms with Crippen LogP contribution in [-0.2, 0) is 15.3 Å². The number of oxime groups is 1. The maximum absolute atomic E-state index is 15.3. The average Bonchev–Trinajstić information content (AvgIpc) is 3.67. The summed E-state index contributed by atoms with van der Waals surface area (Å²) in [7, 11) is -2.01. The van der Waals surface area contributed by atoms with E-state index in [9.17, 15) is 0 Å². The Labute approximate surface area is 243 Å². The molecule has 4 aliphatic heterocycles. The maximum Gasteiger partial charge on any atom is 0.238 e. The van der Waals surface area contributed by atoms with Crippen LogP contribution in [0.2, 0.25) is 19.1 Å². The molecule has 0 saturated carbocycles. The summed E-state index contributed by atoms with van der Waals surface area (Å²) in [4.78, 5) is 12.9. The van der Waals surface area contributed by atoms with Gasteiger partial charge in [-0.15, -0.1) is 0 Å². The number of piperidine rings is 1. The molecule has 2 aromatic heterocycles. The highest BCUT2D eigenvalue weighted by atomic mass is 28.3. The smallest absolute Gasteiger partial charge is 0.238 e. The van der Waals surface area contributed by atoms with Crippen molar-refractivity contribution in [3.05, 3.63) is 71.2 Å². The second-order valence-corrected chi connectivity index (χ2v) is 17.6. The fourth-order valence-corrected chi connectivity index (χ4v) is 9.34. The van der Waals surface area contributed by atoms with E-state index in [1.165, 1.54) is 0 Å². The molecule has 216 valence electrons. The van der Waals surface area contributed by atoms with Crippen molar-refractivity contribution in [3.8, 4) is 11.4 Å². The van der Waals surface area contributed by atoms with Gasteiger partial charge in [0, 0.05) is 30.3 Å². The molecule has 1 atom stereocenters. The van der Waals surface area contributed by atoms with E-state index in [4.69, 9.17) is 18.8 Å². The highest BCUT2D eigenvalue weighted by molar-refractivity contribution is 6.90. The molecule has 9 nitrogen and oxygen atoms in total. The van der Waals surface area contributed by atoms with Crippen molar-refractivity contribution in [3.63, 3.8) is 0 Å². The first kappa shape index (κ1) is 25.7. The molecule has 4 aliphatic rings. The summed E-state index contributed by atoms with van der Waals surface area (Å²) in [5, 5.41) is 10.4. The molecule has 0 amide bonds. The van der Waals surface area contributed by atoms with Gasteiger partial charge in [-0.3, -0.25) is 0 Å². The third kappa shape index (κ3) is 3.65. The van der Waals surface area contributed by atoms with Crippen LogP contribution in [0.25, 0.3) is 22.7 Å². The Bertz CT molecular complexity index is 1820. The number of imidazole rings is 1. The number of aromatic nitrogens is 3. The van der Waals surface area contributed by atoms with Crippen LogP contribution in [0, 0.1) is 18.2 Å². The van der Waals surface area contributed by atoms with Gasteiger partial charge in [0.2, 0.25) is 5.72 Å². The quantitative estimate of drug-likeness (QED) is 0.310. The first-order valence-electron chi connectivity index (χ1n) is 14.3. The summed E-state index contributed by atoms with van der Waals surface area (Å²) in [6, 6.07) is 8.36. The van der Waals surface area contributed by atoms with Gasteiger partial charge in [0.25, 0.3) is 0 Å². The third-order valence-corrected chi connectivity index (χ3v) is 12.6. The van der Waals surface area contributed by atoms with Gasteiger partial charge in [-0.1, -0.05) is 29.5 Å². The number of benzene rings is 2. The molecule has 0 aliphatic carbocycles. The van der Waals surface area contributed by atoms with E-state index in [-0.39, 0.29) is 11.2 Å². The molecule has 42 heavy (non-hydrogen) atoms. The molecule has 1 unspecified atom stereocenters. The van der Waals surface area contributed by atoms with Gasteiger partial charge in [-0.25, -0.2) is 9.37 Å². The standard InChI is InChI=1S/C31H32FN5O4Si/c1-19-14-36(18-33-19)25-8-5-20(22-13-34-40-26(22)25)11-21-12-31(16-38-17-31)15-37-29(21)35-41-30(37,2)23-6-7-24(32)28-27(23)39-9-10-42(28,3)4/h5-8,11,13-14,18H,9-10,12,15-17H2,1-4H3/b21-11+. The van der Waals surface area contributed by atoms with E-state index in [1.54, 1.807) is 18.6 Å². The van der Waals surface area contributed by atoms with Crippen molar-refractivity contribution in [2.45, 2.75) is 45.1 Å². The number of hydrogen-bond acceptors (Lipinski definition) is 8. The fraction of sp³-hybridized carbons (Fsp3) is 0.387. The van der Waals surface area contributed by atoms with E-state index in [0.717, 1.165) is 57.0 Å². The van der Waals surface area contributed by atoms with Crippen molar-refractivity contribution >= 4 is 36.1 Å². The largest absolute Gasteiger partial charge is 0.493 e. The lowest BCUT2D eigenvalue weighted by Crippen LogP contribution is -2.60. The van der Waals surface area contributed by atoms with Crippen LogP contribution in [-0.4, -0.2) is 59.9 Å². The van der Waals surface area contributed by atoms with Crippen molar-refractivity contribution in [2.75, 3.05) is 26.4 Å². The van der Waals surface area contributed by atoms with Crippen molar-refractivity contribution in [1.82, 2.24) is 19.6 Å². The number of hydrogen-bond donors (Lipinski definition) is 0. The summed E-state index contributed by atoms with van der Waals surface area (Å²) >= 11 is 0. The molecule has 2 fully saturated rings. The molecule has 2 aromatic carbocycles. The molecule has 11 heteroatoms. The minimum absolute atomic E-state index is 0.0726. The van der Waals surface area contributed by atoms with Gasteiger partial charge in [0.05, 0.1) is 62.7 Å². The molecular formula is C31H32FN5O4Si. The van der Waals surface area contributed by atoms with E-state index >= 15 is 4.39 Å². The maximum atomic E-state index is 15.3. The van der Waals surface area contributed by atoms with E-state index in [2.05, 4.69) is 45.4 Å². The van der Waals surface area contributed by atoms with Crippen LogP contribution >= 0.6 is 0 Å². The van der Waals surface area contributed by atoms with Crippen LogP contribution < -0.4 is 9.92 Å². The van der Waals surface area contributed by atoms with Gasteiger partial charge >= 0.3 is 0 Å². The zero-order valence-electron chi connectivity index (χ0n) is 24.1. The Morgan fingerprint density at radius 3 is 2.76 bits per heavy atom. The van der Waals surface area contributed by atoms with E-state index in [0.29, 0.717) is 37.7 Å². The topological polar surface area (TPSA) is 87.1 Å². The molecule has 4 aromatic rings. The number of rotatable bonds is 3. The molecular weight excluding hydrogens is 553 g/mol. The van der Waals surface area contributed by atoms with Crippen LogP contribution in [0.5, 0.6) is 5.75 Å². The third-order valence-electron chi connectivity index (χ3n) is 9.35. The van der Waals surface area contributed by atoms with E-state index in [1.807, 2.05) is 36.7 Å². The highest BCUT2D eigenvalue weighted by Gasteiger charge is 2.56. The normalized spacial score (nSPS) is 24.6. The molecule has 2 saturated heterocycles. The van der Waals surface area contributed by atoms with Gasteiger partial charge in [-0.2, -0.15) is 0 Å². The van der Waals surface area contributed by atoms with Crippen LogP contribution in [0.15, 0.2) is 58.2 Å². The molecule has 0 bridgehead atoms. The van der Waals surface area contributed by atoms with Crippen LogP contribution in [0.3, 0.4) is 0 Å². The average molecular weight is 586 g/mol. The lowest BCUT2D eigenvalue weighted by Gasteiger charge is -2.51. The number of aryl methyl sites for hydroxylation is 1. The van der Waals surface area contributed by atoms with Crippen LogP contribution in [0.1, 0.15) is 30.2 Å². The summed E-state index contributed by atoms with van der Waals surface area (Å²) in [5.41, 5.74) is 4.30. The summed E-state index contributed by atoms with van der Waals surface area (Å²) in [5.74, 6) is 1.21. The predicted molar refractivity (Wildman–Crippen MR) is 158 cm³/mol. The van der Waals surface area contributed by atoms with Gasteiger partial charge in [-0.05, 0) is 54.8 Å². The van der Waals surface area contributed by atoms with Gasteiger partial charge < -0.3 is 28.3 Å². The minimum atomic E-state index is -2.01. The zero-order chi connectivity index (χ0) is 28.9. The van der Waals surface area contributed by atoms with Crippen molar-refractivity contribution in [1.29, 1.82) is 0 Å². The van der Waals surface area contributed by atoms with Crippen LogP contribution in [0.4, 0.5) is 4.39 Å². The Morgan fingerprint density at radius 1 is 1.14 bits per heavy atom. The van der Waals surface area contributed by atoms with Gasteiger partial charge in [0.15, 0.2) is 11.4 Å². The number of halogens is 1. The second kappa shape index (κ2) is 8.77. The molecule has 8 rings (SSSR count). The minimum Gasteiger partial charge on any atom is -0.493 e. The number of ether oxygens (including phenoxy) is 2. The summed E-state index contributed by atoms with van der Waals surface area (Å²) in [6.45, 7) is 11.0. The Kier molecular flexibility index (Phi) is 5.37. The zero-order valence-corrected chi connectivity index (χ0v) is 25.1. The van der Waals surface area contributed by atoms with E-state index < -0.39 is 13.8 Å². The second-order valence-electron chi connectivity index (χ2n) is 12.9. The fourth-order valence-electron chi connectivity index (χ4n) is 6.93. The van der Waals surface area contributed by atoms with Crippen molar-refractivity contribution in [2.24, 2.45) is 10.6 Å². The molecule has 1 spiro atoms. The number of amidine groups is 1. The summed E-state index contributed by atoms with van der Waals surface area (Å²) in [6.07, 6.45) is 8.45. The van der Waals surface area contributed by atoms with Gasteiger partial charge in [0.1, 0.15) is 11.6 Å². The molecule has 0 N–H and O–H groups in total. The predicted octanol–water partition coefficient (Wildman–Crippen LogP) is 5.09. The lowest BCUT2D eigenvalue weighted by molar-refractivity contribution is -0.159. The highest BCUT2D eigenvalue weighted by Crippen LogP contribution is 2.50. The Hall–Kier alpha value is -3.96. The lowest BCUT2D eigenvalue weighted by atomic mass is 9.74. The number of fused-ring (bicyclic) bond motifs is 3. The Morgan fingerprint density at radius 2 is 2.00 bits per heavy atom. The number of nitrogens with zero attached hydrogens (tertiary/aromatic N) is 5. The SMILES string of the molecule is Cc1cn(-c2ccc(/C=C3\CC4(COC4)CN4C3=NOC4(C)c3ccc(F)c4c3OCC[Si]4(C)C)c3cnoc23)cn1. The monoisotopic (exact) mass is 585 g/mol. The molecule has 6 heterocycles. The summed E-state index contributed by atoms with van der Waals surface area (Å²) < 4.78 is 34.9. The first-order chi connectivity index (χ1) is 20.2.